The average molecular weight is 431 g/mol. The number of pyridine rings is 1. The summed E-state index contributed by atoms with van der Waals surface area (Å²) in [5, 5.41) is 3.25. The fourth-order valence-corrected chi connectivity index (χ4v) is 3.36. The van der Waals surface area contributed by atoms with Crippen molar-refractivity contribution >= 4 is 28.3 Å². The number of halogens is 4. The van der Waals surface area contributed by atoms with Crippen molar-refractivity contribution in [2.24, 2.45) is 0 Å². The van der Waals surface area contributed by atoms with Gasteiger partial charge in [-0.3, -0.25) is 9.36 Å². The van der Waals surface area contributed by atoms with E-state index in [-0.39, 0.29) is 5.69 Å². The molecule has 5 nitrogen and oxygen atoms in total. The lowest BCUT2D eigenvalue weighted by molar-refractivity contribution is -0.137. The Bertz CT molecular complexity index is 1320. The number of hydrogen-bond acceptors (Lipinski definition) is 4. The molecule has 30 heavy (non-hydrogen) atoms. The smallest absolute Gasteiger partial charge is 0.386 e. The van der Waals surface area contributed by atoms with E-state index >= 15 is 0 Å². The van der Waals surface area contributed by atoms with Gasteiger partial charge in [-0.2, -0.15) is 13.2 Å². The summed E-state index contributed by atoms with van der Waals surface area (Å²) < 4.78 is 40.7. The van der Waals surface area contributed by atoms with Gasteiger partial charge in [0.25, 0.3) is 5.56 Å². The Hall–Kier alpha value is -3.39. The monoisotopic (exact) mass is 430 g/mol. The summed E-state index contributed by atoms with van der Waals surface area (Å²) in [6.07, 6.45) is -1.86. The Labute approximate surface area is 173 Å². The number of aromatic nitrogens is 3. The largest absolute Gasteiger partial charge is 0.416 e. The highest BCUT2D eigenvalue weighted by Gasteiger charge is 2.30. The molecule has 0 unspecified atom stereocenters. The third kappa shape index (κ3) is 3.61. The maximum Gasteiger partial charge on any atom is 0.416 e. The minimum Gasteiger partial charge on any atom is -0.386 e. The minimum atomic E-state index is -4.52. The zero-order valence-corrected chi connectivity index (χ0v) is 16.3. The average Bonchev–Trinajstić information content (AvgIpc) is 2.73. The van der Waals surface area contributed by atoms with E-state index < -0.39 is 17.3 Å². The Balaban J connectivity index is 1.94. The number of anilines is 1. The second-order valence-corrected chi connectivity index (χ2v) is 6.85. The highest BCUT2D eigenvalue weighted by atomic mass is 35.5. The summed E-state index contributed by atoms with van der Waals surface area (Å²) in [6, 6.07) is 11.6. The van der Waals surface area contributed by atoms with Crippen LogP contribution < -0.4 is 10.9 Å². The number of rotatable bonds is 3. The zero-order valence-electron chi connectivity index (χ0n) is 15.5. The highest BCUT2D eigenvalue weighted by Crippen LogP contribution is 2.32. The van der Waals surface area contributed by atoms with Crippen LogP contribution in [0.2, 0.25) is 5.15 Å². The van der Waals surface area contributed by atoms with Gasteiger partial charge in [-0.15, -0.1) is 0 Å². The van der Waals surface area contributed by atoms with Crippen LogP contribution in [0.1, 0.15) is 5.56 Å². The molecule has 152 valence electrons. The van der Waals surface area contributed by atoms with E-state index in [0.29, 0.717) is 27.4 Å². The lowest BCUT2D eigenvalue weighted by atomic mass is 10.1. The molecule has 0 saturated heterocycles. The van der Waals surface area contributed by atoms with Crippen molar-refractivity contribution in [3.05, 3.63) is 82.0 Å². The molecule has 0 spiro atoms. The quantitative estimate of drug-likeness (QED) is 0.456. The van der Waals surface area contributed by atoms with E-state index in [9.17, 15) is 18.0 Å². The maximum absolute atomic E-state index is 13.2. The van der Waals surface area contributed by atoms with Crippen molar-refractivity contribution in [2.45, 2.75) is 6.18 Å². The van der Waals surface area contributed by atoms with Gasteiger partial charge in [0.05, 0.1) is 28.5 Å². The van der Waals surface area contributed by atoms with Crippen molar-refractivity contribution < 1.29 is 13.2 Å². The standard InChI is InChI=1S/C21H14ClF3N4O/c1-26-17-7-13(10-28-20(17)22)12-5-6-16-18(8-12)29(19(30)11-27-16)15-4-2-3-14(9-15)21(23,24)25/h2-11,26H,1H3. The van der Waals surface area contributed by atoms with Crippen molar-refractivity contribution in [2.75, 3.05) is 12.4 Å². The van der Waals surface area contributed by atoms with E-state index in [1.807, 2.05) is 0 Å². The Morgan fingerprint density at radius 2 is 1.80 bits per heavy atom. The number of alkyl halides is 3. The predicted molar refractivity (Wildman–Crippen MR) is 110 cm³/mol. The molecule has 0 fully saturated rings. The van der Waals surface area contributed by atoms with Gasteiger partial charge < -0.3 is 5.32 Å². The molecule has 2 aromatic carbocycles. The molecule has 0 atom stereocenters. The van der Waals surface area contributed by atoms with Gasteiger partial charge >= 0.3 is 6.18 Å². The second kappa shape index (κ2) is 7.46. The topological polar surface area (TPSA) is 59.8 Å². The van der Waals surface area contributed by atoms with Crippen LogP contribution in [0.15, 0.2) is 65.7 Å². The lowest BCUT2D eigenvalue weighted by Crippen LogP contribution is -2.19. The summed E-state index contributed by atoms with van der Waals surface area (Å²) >= 11 is 6.04. The van der Waals surface area contributed by atoms with Crippen molar-refractivity contribution in [3.8, 4) is 16.8 Å². The molecule has 0 aliphatic rings. The van der Waals surface area contributed by atoms with Crippen LogP contribution in [-0.2, 0) is 6.18 Å². The van der Waals surface area contributed by atoms with Gasteiger partial charge in [0, 0.05) is 24.5 Å². The summed E-state index contributed by atoms with van der Waals surface area (Å²) in [4.78, 5) is 20.8. The van der Waals surface area contributed by atoms with E-state index in [2.05, 4.69) is 15.3 Å². The molecule has 0 bridgehead atoms. The molecule has 1 N–H and O–H groups in total. The Morgan fingerprint density at radius 3 is 2.53 bits per heavy atom. The van der Waals surface area contributed by atoms with Crippen molar-refractivity contribution in [1.82, 2.24) is 14.5 Å². The molecular formula is C21H14ClF3N4O. The molecule has 2 aromatic heterocycles. The third-order valence-electron chi connectivity index (χ3n) is 4.62. The molecular weight excluding hydrogens is 417 g/mol. The Morgan fingerprint density at radius 1 is 1.00 bits per heavy atom. The summed E-state index contributed by atoms with van der Waals surface area (Å²) in [5.41, 5.74) is 1.61. The number of hydrogen-bond donors (Lipinski definition) is 1. The lowest BCUT2D eigenvalue weighted by Gasteiger charge is -2.14. The van der Waals surface area contributed by atoms with Crippen LogP contribution in [0, 0.1) is 0 Å². The molecule has 0 aliphatic heterocycles. The van der Waals surface area contributed by atoms with E-state index in [0.717, 1.165) is 23.9 Å². The predicted octanol–water partition coefficient (Wildman–Crippen LogP) is 5.16. The van der Waals surface area contributed by atoms with Gasteiger partial charge in [0.2, 0.25) is 0 Å². The van der Waals surface area contributed by atoms with E-state index in [4.69, 9.17) is 11.6 Å². The first-order chi connectivity index (χ1) is 14.3. The second-order valence-electron chi connectivity index (χ2n) is 6.50. The first-order valence-corrected chi connectivity index (χ1v) is 9.19. The number of nitrogens with zero attached hydrogens (tertiary/aromatic N) is 3. The molecule has 0 amide bonds. The Kier molecular flexibility index (Phi) is 4.95. The third-order valence-corrected chi connectivity index (χ3v) is 4.93. The van der Waals surface area contributed by atoms with Crippen molar-refractivity contribution in [1.29, 1.82) is 0 Å². The first kappa shape index (κ1) is 19.9. The van der Waals surface area contributed by atoms with Gasteiger partial charge in [-0.1, -0.05) is 23.7 Å². The van der Waals surface area contributed by atoms with Gasteiger partial charge in [0.15, 0.2) is 5.15 Å². The van der Waals surface area contributed by atoms with Crippen LogP contribution in [-0.4, -0.2) is 21.6 Å². The molecule has 4 aromatic rings. The van der Waals surface area contributed by atoms with Gasteiger partial charge in [-0.25, -0.2) is 9.97 Å². The fraction of sp³-hybridized carbons (Fsp3) is 0.0952. The van der Waals surface area contributed by atoms with Gasteiger partial charge in [-0.05, 0) is 42.0 Å². The first-order valence-electron chi connectivity index (χ1n) is 8.81. The molecule has 0 aliphatic carbocycles. The van der Waals surface area contributed by atoms with Crippen molar-refractivity contribution in [3.63, 3.8) is 0 Å². The van der Waals surface area contributed by atoms with Crippen LogP contribution >= 0.6 is 11.6 Å². The normalized spacial score (nSPS) is 11.6. The fourth-order valence-electron chi connectivity index (χ4n) is 3.16. The maximum atomic E-state index is 13.2. The van der Waals surface area contributed by atoms with E-state index in [1.54, 1.807) is 37.5 Å². The van der Waals surface area contributed by atoms with Crippen LogP contribution in [0.5, 0.6) is 0 Å². The molecule has 2 heterocycles. The van der Waals surface area contributed by atoms with Gasteiger partial charge in [0.1, 0.15) is 0 Å². The summed E-state index contributed by atoms with van der Waals surface area (Å²) in [7, 11) is 1.71. The number of benzene rings is 2. The molecule has 9 heteroatoms. The number of fused-ring (bicyclic) bond motifs is 1. The zero-order chi connectivity index (χ0) is 21.5. The number of nitrogens with one attached hydrogen (secondary N) is 1. The summed E-state index contributed by atoms with van der Waals surface area (Å²) in [5.74, 6) is 0. The SMILES string of the molecule is CNc1cc(-c2ccc3ncc(=O)n(-c4cccc(C(F)(F)F)c4)c3c2)cnc1Cl. The highest BCUT2D eigenvalue weighted by molar-refractivity contribution is 6.32. The summed E-state index contributed by atoms with van der Waals surface area (Å²) in [6.45, 7) is 0. The molecule has 4 rings (SSSR count). The molecule has 0 radical (unpaired) electrons. The minimum absolute atomic E-state index is 0.101. The molecule has 0 saturated carbocycles. The van der Waals surface area contributed by atoms with Crippen LogP contribution in [0.4, 0.5) is 18.9 Å². The van der Waals surface area contributed by atoms with E-state index in [1.165, 1.54) is 16.7 Å². The van der Waals surface area contributed by atoms with Crippen LogP contribution in [0.25, 0.3) is 27.8 Å². The van der Waals surface area contributed by atoms with Crippen LogP contribution in [0.3, 0.4) is 0 Å².